The van der Waals surface area contributed by atoms with Crippen LogP contribution < -0.4 is 0 Å². The van der Waals surface area contributed by atoms with E-state index in [0.717, 1.165) is 0 Å². The molecule has 0 spiro atoms. The molecule has 0 atom stereocenters. The van der Waals surface area contributed by atoms with Crippen molar-refractivity contribution in [3.05, 3.63) is 41.5 Å². The van der Waals surface area contributed by atoms with Crippen molar-refractivity contribution in [2.75, 3.05) is 6.61 Å². The Balaban J connectivity index is 3.96. The van der Waals surface area contributed by atoms with Gasteiger partial charge in [-0.05, 0) is 23.7 Å². The lowest BCUT2D eigenvalue weighted by atomic mass is 10.3. The standard InChI is InChI=1S/C8H11NO2/c1-2-5-8(9-11)6-3-4-7-10/h2-3,5-6,10H,1,4,7H2/b6-3-,8-5+. The first-order valence-corrected chi connectivity index (χ1v) is 3.28. The van der Waals surface area contributed by atoms with Gasteiger partial charge >= 0.3 is 0 Å². The first kappa shape index (κ1) is 9.78. The molecule has 0 fully saturated rings. The fourth-order valence-electron chi connectivity index (χ4n) is 0.516. The number of rotatable bonds is 5. The molecule has 0 aliphatic heterocycles. The van der Waals surface area contributed by atoms with E-state index in [1.165, 1.54) is 12.2 Å². The highest BCUT2D eigenvalue weighted by Crippen LogP contribution is 1.98. The molecule has 0 aromatic carbocycles. The highest BCUT2D eigenvalue weighted by atomic mass is 16.3. The number of allylic oxidation sites excluding steroid dienone is 3. The molecule has 0 heterocycles. The van der Waals surface area contributed by atoms with Gasteiger partial charge in [-0.3, -0.25) is 0 Å². The lowest BCUT2D eigenvalue weighted by Crippen LogP contribution is -1.76. The van der Waals surface area contributed by atoms with Gasteiger partial charge in [-0.1, -0.05) is 18.7 Å². The lowest BCUT2D eigenvalue weighted by molar-refractivity contribution is 0.302. The van der Waals surface area contributed by atoms with E-state index in [-0.39, 0.29) is 6.61 Å². The quantitative estimate of drug-likeness (QED) is 0.483. The van der Waals surface area contributed by atoms with Gasteiger partial charge in [0.1, 0.15) is 5.70 Å². The number of hydrogen-bond acceptors (Lipinski definition) is 3. The van der Waals surface area contributed by atoms with E-state index >= 15 is 0 Å². The highest BCUT2D eigenvalue weighted by Gasteiger charge is 1.85. The van der Waals surface area contributed by atoms with Crippen LogP contribution in [0.1, 0.15) is 6.42 Å². The van der Waals surface area contributed by atoms with E-state index in [0.29, 0.717) is 12.1 Å². The molecule has 0 aliphatic rings. The predicted molar refractivity (Wildman–Crippen MR) is 44.9 cm³/mol. The molecule has 0 unspecified atom stereocenters. The molecule has 0 radical (unpaired) electrons. The first-order valence-electron chi connectivity index (χ1n) is 3.28. The van der Waals surface area contributed by atoms with Gasteiger partial charge in [0.05, 0.1) is 0 Å². The summed E-state index contributed by atoms with van der Waals surface area (Å²) in [7, 11) is 0. The van der Waals surface area contributed by atoms with E-state index < -0.39 is 0 Å². The number of hydrogen-bond donors (Lipinski definition) is 1. The van der Waals surface area contributed by atoms with Gasteiger partial charge in [0.2, 0.25) is 0 Å². The van der Waals surface area contributed by atoms with Crippen molar-refractivity contribution in [3.63, 3.8) is 0 Å². The summed E-state index contributed by atoms with van der Waals surface area (Å²) in [6.07, 6.45) is 6.74. The van der Waals surface area contributed by atoms with Crippen molar-refractivity contribution in [2.45, 2.75) is 6.42 Å². The normalized spacial score (nSPS) is 11.9. The van der Waals surface area contributed by atoms with Crippen molar-refractivity contribution in [2.24, 2.45) is 5.18 Å². The molecule has 0 aromatic rings. The van der Waals surface area contributed by atoms with Crippen LogP contribution in [0.5, 0.6) is 0 Å². The van der Waals surface area contributed by atoms with Crippen molar-refractivity contribution in [3.8, 4) is 0 Å². The third kappa shape index (κ3) is 5.24. The van der Waals surface area contributed by atoms with E-state index in [2.05, 4.69) is 11.8 Å². The van der Waals surface area contributed by atoms with Gasteiger partial charge < -0.3 is 5.11 Å². The first-order chi connectivity index (χ1) is 5.35. The SMILES string of the molecule is C=C/C=C(\C=C/CCO)N=O. The summed E-state index contributed by atoms with van der Waals surface area (Å²) in [5, 5.41) is 11.1. The van der Waals surface area contributed by atoms with Crippen molar-refractivity contribution < 1.29 is 5.11 Å². The Kier molecular flexibility index (Phi) is 6.13. The van der Waals surface area contributed by atoms with Crippen molar-refractivity contribution in [1.82, 2.24) is 0 Å². The molecular weight excluding hydrogens is 142 g/mol. The smallest absolute Gasteiger partial charge is 0.107 e. The largest absolute Gasteiger partial charge is 0.396 e. The highest BCUT2D eigenvalue weighted by molar-refractivity contribution is 5.21. The fourth-order valence-corrected chi connectivity index (χ4v) is 0.516. The zero-order valence-corrected chi connectivity index (χ0v) is 6.23. The van der Waals surface area contributed by atoms with Gasteiger partial charge in [-0.2, -0.15) is 0 Å². The van der Waals surface area contributed by atoms with E-state index in [1.807, 2.05) is 0 Å². The molecule has 0 rings (SSSR count). The molecule has 0 aliphatic carbocycles. The number of nitroso groups, excluding NO2 is 1. The number of aliphatic hydroxyl groups excluding tert-OH is 1. The maximum absolute atomic E-state index is 10.0. The predicted octanol–water partition coefficient (Wildman–Crippen LogP) is 1.76. The van der Waals surface area contributed by atoms with Crippen LogP contribution in [-0.4, -0.2) is 11.7 Å². The third-order valence-electron chi connectivity index (χ3n) is 0.978. The molecule has 60 valence electrons. The summed E-state index contributed by atoms with van der Waals surface area (Å²) >= 11 is 0. The monoisotopic (exact) mass is 153 g/mol. The summed E-state index contributed by atoms with van der Waals surface area (Å²) in [5.41, 5.74) is 0.313. The Morgan fingerprint density at radius 3 is 2.82 bits per heavy atom. The Bertz CT molecular complexity index is 183. The van der Waals surface area contributed by atoms with Crippen LogP contribution >= 0.6 is 0 Å². The molecule has 0 bridgehead atoms. The molecule has 11 heavy (non-hydrogen) atoms. The average Bonchev–Trinajstić information content (AvgIpc) is 2.03. The van der Waals surface area contributed by atoms with Crippen LogP contribution in [0.2, 0.25) is 0 Å². The summed E-state index contributed by atoms with van der Waals surface area (Å²) in [5.74, 6) is 0. The van der Waals surface area contributed by atoms with E-state index in [4.69, 9.17) is 5.11 Å². The molecule has 1 N–H and O–H groups in total. The maximum Gasteiger partial charge on any atom is 0.107 e. The molecule has 0 amide bonds. The van der Waals surface area contributed by atoms with Gasteiger partial charge in [-0.25, -0.2) is 0 Å². The summed E-state index contributed by atoms with van der Waals surface area (Å²) in [6.45, 7) is 3.50. The van der Waals surface area contributed by atoms with Crippen LogP contribution in [0.15, 0.2) is 41.8 Å². The zero-order chi connectivity index (χ0) is 8.53. The van der Waals surface area contributed by atoms with Crippen LogP contribution in [0.3, 0.4) is 0 Å². The minimum absolute atomic E-state index is 0.0801. The summed E-state index contributed by atoms with van der Waals surface area (Å²) in [4.78, 5) is 10.0. The minimum Gasteiger partial charge on any atom is -0.396 e. The molecule has 0 saturated heterocycles. The molecule has 3 nitrogen and oxygen atoms in total. The Labute approximate surface area is 65.7 Å². The van der Waals surface area contributed by atoms with E-state index in [9.17, 15) is 4.91 Å². The average molecular weight is 153 g/mol. The zero-order valence-electron chi connectivity index (χ0n) is 6.23. The second-order valence-corrected chi connectivity index (χ2v) is 1.83. The van der Waals surface area contributed by atoms with Crippen LogP contribution in [0, 0.1) is 4.91 Å². The van der Waals surface area contributed by atoms with Crippen LogP contribution in [-0.2, 0) is 0 Å². The van der Waals surface area contributed by atoms with Gasteiger partial charge in [0.15, 0.2) is 0 Å². The molecular formula is C8H11NO2. The second kappa shape index (κ2) is 6.89. The fraction of sp³-hybridized carbons (Fsp3) is 0.250. The molecule has 3 heteroatoms. The Morgan fingerprint density at radius 1 is 1.64 bits per heavy atom. The maximum atomic E-state index is 10.0. The number of aliphatic hydroxyl groups is 1. The van der Waals surface area contributed by atoms with Gasteiger partial charge in [0.25, 0.3) is 0 Å². The molecule has 0 aromatic heterocycles. The van der Waals surface area contributed by atoms with Crippen LogP contribution in [0.25, 0.3) is 0 Å². The third-order valence-corrected chi connectivity index (χ3v) is 0.978. The second-order valence-electron chi connectivity index (χ2n) is 1.83. The van der Waals surface area contributed by atoms with E-state index in [1.54, 1.807) is 12.2 Å². The van der Waals surface area contributed by atoms with Gasteiger partial charge in [-0.15, -0.1) is 4.91 Å². The Hall–Kier alpha value is -1.22. The van der Waals surface area contributed by atoms with Crippen molar-refractivity contribution in [1.29, 1.82) is 0 Å². The minimum atomic E-state index is 0.0801. The van der Waals surface area contributed by atoms with Crippen molar-refractivity contribution >= 4 is 0 Å². The topological polar surface area (TPSA) is 49.7 Å². The van der Waals surface area contributed by atoms with Gasteiger partial charge in [0, 0.05) is 6.61 Å². The summed E-state index contributed by atoms with van der Waals surface area (Å²) in [6, 6.07) is 0. The molecule has 0 saturated carbocycles. The van der Waals surface area contributed by atoms with Crippen LogP contribution in [0.4, 0.5) is 0 Å². The summed E-state index contributed by atoms with van der Waals surface area (Å²) < 4.78 is 0. The lowest BCUT2D eigenvalue weighted by Gasteiger charge is -1.85. The Morgan fingerprint density at radius 2 is 2.36 bits per heavy atom. The number of nitrogens with zero attached hydrogens (tertiary/aromatic N) is 1.